The molecule has 0 radical (unpaired) electrons. The van der Waals surface area contributed by atoms with E-state index in [0.29, 0.717) is 0 Å². The molecule has 120 valence electrons. The Morgan fingerprint density at radius 1 is 1.04 bits per heavy atom. The van der Waals surface area contributed by atoms with Crippen LogP contribution < -0.4 is 5.32 Å². The summed E-state index contributed by atoms with van der Waals surface area (Å²) < 4.78 is 0. The Kier molecular flexibility index (Phi) is 5.97. The van der Waals surface area contributed by atoms with E-state index in [2.05, 4.69) is 23.5 Å². The molecule has 1 heterocycles. The standard InChI is InChI=1S/C19H19NO2.ClH/c21-19(22)18(17-8-4-5-13-20-17)16-11-9-15(10-12-16)14-6-2-1-3-7-14;/h1-4,6-12,17-18,20H,5,13H2,(H,21,22);1H/t17-,18+;/m0./s1. The molecule has 0 aliphatic carbocycles. The zero-order valence-corrected chi connectivity index (χ0v) is 13.5. The van der Waals surface area contributed by atoms with Crippen LogP contribution in [0.5, 0.6) is 0 Å². The Labute approximate surface area is 142 Å². The van der Waals surface area contributed by atoms with E-state index < -0.39 is 11.9 Å². The van der Waals surface area contributed by atoms with Gasteiger partial charge in [0.2, 0.25) is 0 Å². The maximum absolute atomic E-state index is 11.7. The smallest absolute Gasteiger partial charge is 0.312 e. The highest BCUT2D eigenvalue weighted by atomic mass is 35.5. The number of benzene rings is 2. The Bertz CT molecular complexity index is 668. The first-order chi connectivity index (χ1) is 10.8. The lowest BCUT2D eigenvalue weighted by Gasteiger charge is -2.25. The van der Waals surface area contributed by atoms with E-state index in [1.165, 1.54) is 0 Å². The number of carbonyl (C=O) groups is 1. The number of carboxylic acid groups (broad SMARTS) is 1. The normalized spacial score (nSPS) is 18.0. The highest BCUT2D eigenvalue weighted by Crippen LogP contribution is 2.26. The molecular formula is C19H20ClNO2. The predicted molar refractivity (Wildman–Crippen MR) is 95.1 cm³/mol. The molecule has 0 saturated carbocycles. The van der Waals surface area contributed by atoms with Gasteiger partial charge >= 0.3 is 5.97 Å². The van der Waals surface area contributed by atoms with Crippen LogP contribution in [0.3, 0.4) is 0 Å². The second-order valence-electron chi connectivity index (χ2n) is 5.50. The van der Waals surface area contributed by atoms with Crippen LogP contribution in [0.25, 0.3) is 11.1 Å². The van der Waals surface area contributed by atoms with Gasteiger partial charge in [-0.25, -0.2) is 0 Å². The lowest BCUT2D eigenvalue weighted by molar-refractivity contribution is -0.139. The first-order valence-corrected chi connectivity index (χ1v) is 7.54. The van der Waals surface area contributed by atoms with Crippen LogP contribution in [0.1, 0.15) is 17.9 Å². The maximum Gasteiger partial charge on any atom is 0.312 e. The Balaban J connectivity index is 0.00000192. The number of rotatable bonds is 4. The van der Waals surface area contributed by atoms with E-state index in [9.17, 15) is 9.90 Å². The monoisotopic (exact) mass is 329 g/mol. The van der Waals surface area contributed by atoms with E-state index in [4.69, 9.17) is 0 Å². The SMILES string of the molecule is Cl.O=C(O)[C@H](c1ccc(-c2ccccc2)cc1)[C@@H]1C=CCCN1. The zero-order chi connectivity index (χ0) is 15.4. The third-order valence-electron chi connectivity index (χ3n) is 4.04. The molecule has 1 aliphatic rings. The van der Waals surface area contributed by atoms with Crippen molar-refractivity contribution in [3.8, 4) is 11.1 Å². The summed E-state index contributed by atoms with van der Waals surface area (Å²) in [7, 11) is 0. The molecule has 2 N–H and O–H groups in total. The van der Waals surface area contributed by atoms with E-state index in [-0.39, 0.29) is 18.4 Å². The number of nitrogens with one attached hydrogen (secondary N) is 1. The summed E-state index contributed by atoms with van der Waals surface area (Å²) in [6.07, 6.45) is 4.97. The third-order valence-corrected chi connectivity index (χ3v) is 4.04. The molecule has 1 aliphatic heterocycles. The fraction of sp³-hybridized carbons (Fsp3) is 0.211. The van der Waals surface area contributed by atoms with E-state index >= 15 is 0 Å². The molecule has 0 spiro atoms. The van der Waals surface area contributed by atoms with Crippen LogP contribution in [0.4, 0.5) is 0 Å². The Hall–Kier alpha value is -2.10. The highest BCUT2D eigenvalue weighted by molar-refractivity contribution is 5.85. The van der Waals surface area contributed by atoms with Crippen LogP contribution in [-0.4, -0.2) is 23.7 Å². The molecule has 23 heavy (non-hydrogen) atoms. The molecule has 0 saturated heterocycles. The average molecular weight is 330 g/mol. The summed E-state index contributed by atoms with van der Waals surface area (Å²) in [5.41, 5.74) is 3.06. The van der Waals surface area contributed by atoms with Crippen LogP contribution in [-0.2, 0) is 4.79 Å². The fourth-order valence-electron chi connectivity index (χ4n) is 2.89. The number of carboxylic acids is 1. The number of halogens is 1. The van der Waals surface area contributed by atoms with Gasteiger partial charge in [0.15, 0.2) is 0 Å². The van der Waals surface area contributed by atoms with Gasteiger partial charge in [-0.15, -0.1) is 12.4 Å². The molecule has 0 unspecified atom stereocenters. The first kappa shape index (κ1) is 17.3. The van der Waals surface area contributed by atoms with Gasteiger partial charge in [0.25, 0.3) is 0 Å². The summed E-state index contributed by atoms with van der Waals surface area (Å²) in [4.78, 5) is 11.7. The van der Waals surface area contributed by atoms with Crippen molar-refractivity contribution in [1.29, 1.82) is 0 Å². The zero-order valence-electron chi connectivity index (χ0n) is 12.7. The first-order valence-electron chi connectivity index (χ1n) is 7.54. The van der Waals surface area contributed by atoms with Gasteiger partial charge in [0.05, 0.1) is 0 Å². The molecule has 0 bridgehead atoms. The minimum atomic E-state index is -0.795. The topological polar surface area (TPSA) is 49.3 Å². The van der Waals surface area contributed by atoms with Crippen LogP contribution in [0, 0.1) is 0 Å². The van der Waals surface area contributed by atoms with Crippen molar-refractivity contribution in [2.45, 2.75) is 18.4 Å². The van der Waals surface area contributed by atoms with Gasteiger partial charge in [-0.05, 0) is 29.7 Å². The summed E-state index contributed by atoms with van der Waals surface area (Å²) >= 11 is 0. The Morgan fingerprint density at radius 3 is 2.26 bits per heavy atom. The maximum atomic E-state index is 11.7. The lowest BCUT2D eigenvalue weighted by atomic mass is 9.89. The third kappa shape index (κ3) is 4.01. The molecule has 2 aromatic carbocycles. The quantitative estimate of drug-likeness (QED) is 0.837. The van der Waals surface area contributed by atoms with Gasteiger partial charge in [-0.3, -0.25) is 4.79 Å². The molecule has 4 heteroatoms. The van der Waals surface area contributed by atoms with Crippen LogP contribution in [0.15, 0.2) is 66.7 Å². The van der Waals surface area contributed by atoms with Gasteiger partial charge in [-0.1, -0.05) is 66.7 Å². The predicted octanol–water partition coefficient (Wildman–Crippen LogP) is 3.86. The van der Waals surface area contributed by atoms with Crippen molar-refractivity contribution in [3.63, 3.8) is 0 Å². The van der Waals surface area contributed by atoms with Crippen molar-refractivity contribution < 1.29 is 9.90 Å². The largest absolute Gasteiger partial charge is 0.481 e. The fourth-order valence-corrected chi connectivity index (χ4v) is 2.89. The van der Waals surface area contributed by atoms with E-state index in [0.717, 1.165) is 29.7 Å². The van der Waals surface area contributed by atoms with E-state index in [1.807, 2.05) is 48.5 Å². The van der Waals surface area contributed by atoms with Crippen molar-refractivity contribution >= 4 is 18.4 Å². The van der Waals surface area contributed by atoms with Gasteiger partial charge in [0, 0.05) is 6.04 Å². The molecule has 0 aromatic heterocycles. The second kappa shape index (κ2) is 7.95. The van der Waals surface area contributed by atoms with Crippen LogP contribution in [0.2, 0.25) is 0 Å². The second-order valence-corrected chi connectivity index (χ2v) is 5.50. The molecule has 3 nitrogen and oxygen atoms in total. The van der Waals surface area contributed by atoms with Gasteiger partial charge < -0.3 is 10.4 Å². The molecule has 3 rings (SSSR count). The van der Waals surface area contributed by atoms with Gasteiger partial charge in [-0.2, -0.15) is 0 Å². The number of hydrogen-bond acceptors (Lipinski definition) is 2. The molecule has 0 amide bonds. The molecule has 2 aromatic rings. The van der Waals surface area contributed by atoms with Crippen molar-refractivity contribution in [3.05, 3.63) is 72.3 Å². The summed E-state index contributed by atoms with van der Waals surface area (Å²) in [5.74, 6) is -1.35. The molecular weight excluding hydrogens is 310 g/mol. The van der Waals surface area contributed by atoms with Crippen LogP contribution >= 0.6 is 12.4 Å². The summed E-state index contributed by atoms with van der Waals surface area (Å²) in [6.45, 7) is 0.826. The minimum absolute atomic E-state index is 0. The number of hydrogen-bond donors (Lipinski definition) is 2. The van der Waals surface area contributed by atoms with Gasteiger partial charge in [0.1, 0.15) is 5.92 Å². The van der Waals surface area contributed by atoms with Crippen molar-refractivity contribution in [2.75, 3.05) is 6.54 Å². The van der Waals surface area contributed by atoms with E-state index in [1.54, 1.807) is 0 Å². The average Bonchev–Trinajstić information content (AvgIpc) is 2.57. The minimum Gasteiger partial charge on any atom is -0.481 e. The van der Waals surface area contributed by atoms with Crippen molar-refractivity contribution in [2.24, 2.45) is 0 Å². The summed E-state index contributed by atoms with van der Waals surface area (Å²) in [5, 5.41) is 12.9. The molecule has 0 fully saturated rings. The number of aliphatic carboxylic acids is 1. The molecule has 2 atom stereocenters. The lowest BCUT2D eigenvalue weighted by Crippen LogP contribution is -2.39. The van der Waals surface area contributed by atoms with Crippen molar-refractivity contribution in [1.82, 2.24) is 5.32 Å². The Morgan fingerprint density at radius 2 is 1.70 bits per heavy atom. The summed E-state index contributed by atoms with van der Waals surface area (Å²) in [6, 6.07) is 17.8. The highest BCUT2D eigenvalue weighted by Gasteiger charge is 2.28.